The number of ether oxygens (including phenoxy) is 6. The van der Waals surface area contributed by atoms with Gasteiger partial charge in [0, 0.05) is 44.5 Å². The van der Waals surface area contributed by atoms with E-state index < -0.39 is 89.9 Å². The fourth-order valence-electron chi connectivity index (χ4n) is 8.68. The van der Waals surface area contributed by atoms with Crippen molar-refractivity contribution in [2.75, 3.05) is 34.8 Å². The van der Waals surface area contributed by atoms with Crippen LogP contribution in [0.3, 0.4) is 0 Å². The minimum absolute atomic E-state index is 0.0724. The molecular weight excluding hydrogens is 660 g/mol. The number of cyclic esters (lactones) is 1. The molecule has 3 aliphatic rings. The number of aliphatic hydroxyl groups excluding tert-OH is 2. The van der Waals surface area contributed by atoms with Gasteiger partial charge >= 0.3 is 5.97 Å². The Morgan fingerprint density at radius 2 is 1.55 bits per heavy atom. The average molecular weight is 733 g/mol. The minimum atomic E-state index is -1.77. The SMILES string of the molecule is CC[C@H]1OC(=O)[C@H](C)[C@@H](O[C@H]2C[C@@](C)(OC)[C@@H](O)[C@H](C)O2)[C@H](C)[C@@H](O[C@H]2C[C@@H](N(C)C)C[C@@H](C)O2)[C@](C)(O)C[C@@H](C)CN(C)[C@H](C)[C@@H](O)[C@]1(C)O. The number of aliphatic hydroxyl groups is 4. The summed E-state index contributed by atoms with van der Waals surface area (Å²) in [6, 6.07) is -0.294. The van der Waals surface area contributed by atoms with Gasteiger partial charge in [-0.1, -0.05) is 20.8 Å². The van der Waals surface area contributed by atoms with Crippen molar-refractivity contribution in [2.24, 2.45) is 17.8 Å². The van der Waals surface area contributed by atoms with Gasteiger partial charge < -0.3 is 58.6 Å². The summed E-state index contributed by atoms with van der Waals surface area (Å²) in [5.41, 5.74) is -4.18. The van der Waals surface area contributed by atoms with Gasteiger partial charge in [-0.2, -0.15) is 0 Å². The first-order valence-corrected chi connectivity index (χ1v) is 19.0. The van der Waals surface area contributed by atoms with Crippen LogP contribution >= 0.6 is 0 Å². The van der Waals surface area contributed by atoms with E-state index in [9.17, 15) is 25.2 Å². The molecule has 0 amide bonds. The summed E-state index contributed by atoms with van der Waals surface area (Å²) in [7, 11) is 7.47. The predicted molar refractivity (Wildman–Crippen MR) is 193 cm³/mol. The summed E-state index contributed by atoms with van der Waals surface area (Å²) in [6.07, 6.45) is -5.02. The molecule has 0 bridgehead atoms. The monoisotopic (exact) mass is 733 g/mol. The molecule has 300 valence electrons. The average Bonchev–Trinajstić information content (AvgIpc) is 3.04. The van der Waals surface area contributed by atoms with Crippen LogP contribution < -0.4 is 0 Å². The summed E-state index contributed by atoms with van der Waals surface area (Å²) in [4.78, 5) is 18.3. The number of esters is 1. The van der Waals surface area contributed by atoms with Crippen LogP contribution in [-0.4, -0.2) is 155 Å². The smallest absolute Gasteiger partial charge is 0.311 e. The van der Waals surface area contributed by atoms with Crippen molar-refractivity contribution in [3.05, 3.63) is 0 Å². The predicted octanol–water partition coefficient (Wildman–Crippen LogP) is 2.93. The quantitative estimate of drug-likeness (QED) is 0.284. The van der Waals surface area contributed by atoms with Gasteiger partial charge in [0.05, 0.1) is 41.5 Å². The van der Waals surface area contributed by atoms with Gasteiger partial charge in [-0.3, -0.25) is 4.79 Å². The largest absolute Gasteiger partial charge is 0.459 e. The maximum Gasteiger partial charge on any atom is 0.311 e. The van der Waals surface area contributed by atoms with Crippen molar-refractivity contribution in [3.8, 4) is 0 Å². The van der Waals surface area contributed by atoms with Crippen LogP contribution in [0, 0.1) is 17.8 Å². The maximum atomic E-state index is 14.2. The van der Waals surface area contributed by atoms with Gasteiger partial charge in [-0.15, -0.1) is 0 Å². The lowest BCUT2D eigenvalue weighted by Gasteiger charge is -2.48. The van der Waals surface area contributed by atoms with E-state index >= 15 is 0 Å². The van der Waals surface area contributed by atoms with Gasteiger partial charge in [-0.25, -0.2) is 0 Å². The van der Waals surface area contributed by atoms with E-state index in [1.54, 1.807) is 34.6 Å². The number of methoxy groups -OCH3 is 1. The zero-order valence-corrected chi connectivity index (χ0v) is 33.9. The minimum Gasteiger partial charge on any atom is -0.459 e. The number of carbonyl (C=O) groups is 1. The molecule has 0 aromatic heterocycles. The first-order valence-electron chi connectivity index (χ1n) is 19.0. The molecule has 0 aromatic carbocycles. The summed E-state index contributed by atoms with van der Waals surface area (Å²) in [6.45, 7) is 18.6. The third-order valence-electron chi connectivity index (χ3n) is 12.1. The number of carbonyl (C=O) groups excluding carboxylic acids is 1. The number of likely N-dealkylation sites (N-methyl/N-ethyl adjacent to an activating group) is 1. The second-order valence-electron chi connectivity index (χ2n) is 17.1. The van der Waals surface area contributed by atoms with Crippen molar-refractivity contribution in [1.29, 1.82) is 0 Å². The van der Waals surface area contributed by atoms with Gasteiger partial charge in [-0.05, 0) is 94.8 Å². The molecule has 0 unspecified atom stereocenters. The van der Waals surface area contributed by atoms with Gasteiger partial charge in [0.15, 0.2) is 12.6 Å². The van der Waals surface area contributed by atoms with Gasteiger partial charge in [0.2, 0.25) is 0 Å². The third-order valence-corrected chi connectivity index (χ3v) is 12.1. The normalized spacial score (nSPS) is 48.9. The first kappa shape index (κ1) is 44.4. The lowest BCUT2D eigenvalue weighted by atomic mass is 9.77. The molecule has 3 saturated heterocycles. The molecule has 17 atom stereocenters. The van der Waals surface area contributed by atoms with E-state index in [1.807, 2.05) is 53.7 Å². The highest BCUT2D eigenvalue weighted by atomic mass is 16.7. The fraction of sp³-hybridized carbons (Fsp3) is 0.974. The van der Waals surface area contributed by atoms with Crippen LogP contribution in [0.4, 0.5) is 0 Å². The molecule has 4 N–H and O–H groups in total. The lowest BCUT2D eigenvalue weighted by molar-refractivity contribution is -0.308. The van der Waals surface area contributed by atoms with E-state index in [0.29, 0.717) is 19.4 Å². The zero-order valence-electron chi connectivity index (χ0n) is 33.9. The molecular formula is C38H72N2O11. The highest BCUT2D eigenvalue weighted by Crippen LogP contribution is 2.40. The van der Waals surface area contributed by atoms with Crippen molar-refractivity contribution < 1.29 is 53.6 Å². The standard InChI is InChI=1S/C38H72N2O11/c1-15-28-38(10,45)32(41)25(6)40(13)20-21(2)18-36(8,44)34(51-29-17-27(39(11)12)16-22(3)47-29)23(4)31(24(5)35(43)49-28)50-30-19-37(9,46-14)33(42)26(7)48-30/h21-34,41-42,44-45H,15-20H2,1-14H3/t21-,22-,23+,24-,25-,26+,27+,28-,29+,30+,31+,32-,33+,34-,36-,37-,38-/m1/s1. The fourth-order valence-corrected chi connectivity index (χ4v) is 8.68. The Morgan fingerprint density at radius 3 is 2.12 bits per heavy atom. The molecule has 0 spiro atoms. The van der Waals surface area contributed by atoms with E-state index in [2.05, 4.69) is 4.90 Å². The van der Waals surface area contributed by atoms with Crippen molar-refractivity contribution >= 4 is 5.97 Å². The van der Waals surface area contributed by atoms with E-state index in [0.717, 1.165) is 6.42 Å². The van der Waals surface area contributed by atoms with Crippen LogP contribution in [0.1, 0.15) is 101 Å². The van der Waals surface area contributed by atoms with Crippen LogP contribution in [0.15, 0.2) is 0 Å². The van der Waals surface area contributed by atoms with E-state index in [4.69, 9.17) is 28.4 Å². The summed E-state index contributed by atoms with van der Waals surface area (Å²) in [5.74, 6) is -2.27. The molecule has 0 saturated carbocycles. The molecule has 3 heterocycles. The Morgan fingerprint density at radius 1 is 0.922 bits per heavy atom. The Hall–Kier alpha value is -0.970. The Bertz CT molecular complexity index is 1110. The second-order valence-corrected chi connectivity index (χ2v) is 17.1. The van der Waals surface area contributed by atoms with E-state index in [-0.39, 0.29) is 30.9 Å². The Kier molecular flexibility index (Phi) is 15.4. The van der Waals surface area contributed by atoms with Gasteiger partial charge in [0.25, 0.3) is 0 Å². The molecule has 3 fully saturated rings. The lowest BCUT2D eigenvalue weighted by Crippen LogP contribution is -2.59. The second kappa shape index (κ2) is 17.7. The van der Waals surface area contributed by atoms with Crippen molar-refractivity contribution in [3.63, 3.8) is 0 Å². The highest BCUT2D eigenvalue weighted by molar-refractivity contribution is 5.73. The summed E-state index contributed by atoms with van der Waals surface area (Å²) >= 11 is 0. The third kappa shape index (κ3) is 10.4. The van der Waals surface area contributed by atoms with Crippen molar-refractivity contribution in [1.82, 2.24) is 9.80 Å². The summed E-state index contributed by atoms with van der Waals surface area (Å²) < 4.78 is 37.9. The molecule has 3 aliphatic heterocycles. The highest BCUT2D eigenvalue weighted by Gasteiger charge is 2.52. The molecule has 13 nitrogen and oxygen atoms in total. The van der Waals surface area contributed by atoms with Crippen molar-refractivity contribution in [2.45, 2.75) is 186 Å². The number of hydrogen-bond donors (Lipinski definition) is 4. The molecule has 51 heavy (non-hydrogen) atoms. The van der Waals surface area contributed by atoms with Gasteiger partial charge in [0.1, 0.15) is 23.9 Å². The van der Waals surface area contributed by atoms with Crippen LogP contribution in [-0.2, 0) is 33.2 Å². The molecule has 0 aliphatic carbocycles. The van der Waals surface area contributed by atoms with Crippen LogP contribution in [0.5, 0.6) is 0 Å². The molecule has 0 aromatic rings. The molecule has 3 rings (SSSR count). The Balaban J connectivity index is 2.15. The van der Waals surface area contributed by atoms with Crippen LogP contribution in [0.25, 0.3) is 0 Å². The first-order chi connectivity index (χ1) is 23.5. The number of rotatable bonds is 7. The van der Waals surface area contributed by atoms with E-state index in [1.165, 1.54) is 14.0 Å². The molecule has 13 heteroatoms. The summed E-state index contributed by atoms with van der Waals surface area (Å²) in [5, 5.41) is 46.6. The Labute approximate surface area is 307 Å². The molecule has 0 radical (unpaired) electrons. The van der Waals surface area contributed by atoms with Crippen LogP contribution in [0.2, 0.25) is 0 Å². The zero-order chi connectivity index (χ0) is 38.8. The number of hydrogen-bond acceptors (Lipinski definition) is 13. The number of nitrogens with zero attached hydrogens (tertiary/aromatic N) is 2. The maximum absolute atomic E-state index is 14.2. The topological polar surface area (TPSA) is 160 Å².